The Morgan fingerprint density at radius 3 is 1.56 bits per heavy atom. The topological polar surface area (TPSA) is 80.9 Å². The van der Waals surface area contributed by atoms with E-state index in [1.54, 1.807) is 22.2 Å². The molecule has 0 aliphatic carbocycles. The summed E-state index contributed by atoms with van der Waals surface area (Å²) in [7, 11) is 0. The van der Waals surface area contributed by atoms with Crippen molar-refractivity contribution in [3.63, 3.8) is 0 Å². The number of aromatic nitrogens is 4. The van der Waals surface area contributed by atoms with Gasteiger partial charge in [0.2, 0.25) is 0 Å². The molecule has 362 valence electrons. The highest BCUT2D eigenvalue weighted by Gasteiger charge is 2.42. The molecule has 5 aromatic carbocycles. The number of nitrogens with zero attached hydrogens (tertiary/aromatic N) is 7. The highest BCUT2D eigenvalue weighted by Crippen LogP contribution is 2.45. The Bertz CT molecular complexity index is 3080. The molecule has 0 spiro atoms. The van der Waals surface area contributed by atoms with Crippen LogP contribution in [0.15, 0.2) is 169 Å². The summed E-state index contributed by atoms with van der Waals surface area (Å²) >= 11 is 0. The first kappa shape index (κ1) is 47.2. The van der Waals surface area contributed by atoms with Crippen LogP contribution in [-0.2, 0) is 12.1 Å². The fraction of sp³-hybridized carbons (Fsp3) is 0.276. The second-order valence-electron chi connectivity index (χ2n) is 18.9. The Hall–Kier alpha value is -7.54. The minimum absolute atomic E-state index is 0.0117. The van der Waals surface area contributed by atoms with Gasteiger partial charge >= 0.3 is 0 Å². The summed E-state index contributed by atoms with van der Waals surface area (Å²) in [5.74, 6) is -2.74. The van der Waals surface area contributed by atoms with Crippen LogP contribution in [0.4, 0.5) is 29.2 Å². The van der Waals surface area contributed by atoms with Crippen LogP contribution in [-0.4, -0.2) is 75.7 Å². The van der Waals surface area contributed by atoms with Gasteiger partial charge in [0.15, 0.2) is 0 Å². The predicted octanol–water partition coefficient (Wildman–Crippen LogP) is 12.6. The predicted molar refractivity (Wildman–Crippen MR) is 273 cm³/mol. The zero-order valence-electron chi connectivity index (χ0n) is 40.2. The van der Waals surface area contributed by atoms with E-state index < -0.39 is 17.4 Å². The molecule has 13 heteroatoms. The molecule has 11 rings (SSSR count). The average Bonchev–Trinajstić information content (AvgIpc) is 4.16. The van der Waals surface area contributed by atoms with Gasteiger partial charge < -0.3 is 19.3 Å². The number of alkyl halides is 4. The summed E-state index contributed by atoms with van der Waals surface area (Å²) < 4.78 is 69.5. The molecule has 71 heavy (non-hydrogen) atoms. The normalized spacial score (nSPS) is 16.0. The van der Waals surface area contributed by atoms with Crippen LogP contribution in [0.1, 0.15) is 73.9 Å². The van der Waals surface area contributed by atoms with E-state index in [1.165, 1.54) is 0 Å². The zero-order valence-corrected chi connectivity index (χ0v) is 40.2. The maximum atomic E-state index is 14.2. The lowest BCUT2D eigenvalue weighted by atomic mass is 9.77. The molecule has 0 radical (unpaired) electrons. The lowest BCUT2D eigenvalue weighted by Gasteiger charge is -2.37. The summed E-state index contributed by atoms with van der Waals surface area (Å²) in [4.78, 5) is 16.7. The van der Waals surface area contributed by atoms with Crippen LogP contribution in [0.5, 0.6) is 11.5 Å². The molecule has 0 bridgehead atoms. The van der Waals surface area contributed by atoms with Crippen molar-refractivity contribution >= 4 is 28.3 Å². The monoisotopic (exact) mass is 957 g/mol. The third-order valence-corrected chi connectivity index (χ3v) is 13.1. The first-order valence-electron chi connectivity index (χ1n) is 24.2. The van der Waals surface area contributed by atoms with E-state index in [0.717, 1.165) is 72.8 Å². The Morgan fingerprint density at radius 1 is 0.563 bits per heavy atom. The first-order chi connectivity index (χ1) is 34.3. The molecule has 3 aromatic heterocycles. The number of anilines is 2. The number of aliphatic imine (C=N–C) groups is 1. The summed E-state index contributed by atoms with van der Waals surface area (Å²) in [5.41, 5.74) is 8.67. The molecule has 0 atom stereocenters. The van der Waals surface area contributed by atoms with Crippen molar-refractivity contribution < 1.29 is 27.0 Å². The van der Waals surface area contributed by atoms with Crippen molar-refractivity contribution in [3.05, 3.63) is 197 Å². The van der Waals surface area contributed by atoms with Crippen molar-refractivity contribution in [2.24, 2.45) is 4.99 Å². The molecule has 8 aromatic rings. The van der Waals surface area contributed by atoms with Crippen LogP contribution >= 0.6 is 0 Å². The summed E-state index contributed by atoms with van der Waals surface area (Å²) in [6, 6.07) is 50.8. The molecule has 0 N–H and O–H groups in total. The smallest absolute Gasteiger partial charge is 0.266 e. The lowest BCUT2D eigenvalue weighted by molar-refractivity contribution is 0.0249. The number of hydrogen-bond acceptors (Lipinski definition) is 8. The number of benzene rings is 5. The highest BCUT2D eigenvalue weighted by molar-refractivity contribution is 6.15. The van der Waals surface area contributed by atoms with Crippen LogP contribution in [0, 0.1) is 0 Å². The summed E-state index contributed by atoms with van der Waals surface area (Å²) in [6.07, 6.45) is 3.12. The third kappa shape index (κ3) is 9.70. The summed E-state index contributed by atoms with van der Waals surface area (Å²) in [5, 5.41) is 6.34. The Kier molecular flexibility index (Phi) is 12.8. The van der Waals surface area contributed by atoms with Gasteiger partial charge in [0, 0.05) is 60.4 Å². The molecule has 2 saturated heterocycles. The van der Waals surface area contributed by atoms with Crippen LogP contribution < -0.4 is 19.3 Å². The Morgan fingerprint density at radius 2 is 1.06 bits per heavy atom. The Labute approximate surface area is 411 Å². The maximum absolute atomic E-state index is 14.2. The number of ether oxygens (including phenoxy) is 2. The SMILES string of the molecule is CC(C)Oc1ccc2c(c1)C(c1ccnc(N3CCC(F)(F)C3)c1)=NC2.CC(C)Oc1ccc2c(c1)c(-c1ccnc(N3CCC(F)(F)C3)c1)nn2C(c1ccccc1)(c1ccccc1)c1ccccc1. The second-order valence-corrected chi connectivity index (χ2v) is 18.9. The van der Waals surface area contributed by atoms with Crippen LogP contribution in [0.2, 0.25) is 0 Å². The number of rotatable bonds is 12. The van der Waals surface area contributed by atoms with Crippen molar-refractivity contribution in [1.82, 2.24) is 19.7 Å². The summed E-state index contributed by atoms with van der Waals surface area (Å²) in [6.45, 7) is 8.55. The van der Waals surface area contributed by atoms with Gasteiger partial charge in [-0.1, -0.05) is 97.1 Å². The largest absolute Gasteiger partial charge is 0.491 e. The van der Waals surface area contributed by atoms with E-state index in [2.05, 4.69) is 98.5 Å². The zero-order chi connectivity index (χ0) is 49.3. The van der Waals surface area contributed by atoms with Crippen molar-refractivity contribution in [2.75, 3.05) is 36.0 Å². The minimum atomic E-state index is -2.73. The van der Waals surface area contributed by atoms with Crippen molar-refractivity contribution in [3.8, 4) is 22.8 Å². The average molecular weight is 958 g/mol. The van der Waals surface area contributed by atoms with Gasteiger partial charge in [0.25, 0.3) is 11.8 Å². The van der Waals surface area contributed by atoms with Gasteiger partial charge in [-0.15, -0.1) is 0 Å². The van der Waals surface area contributed by atoms with E-state index >= 15 is 0 Å². The van der Waals surface area contributed by atoms with E-state index in [9.17, 15) is 17.6 Å². The number of fused-ring (bicyclic) bond motifs is 2. The van der Waals surface area contributed by atoms with Gasteiger partial charge in [-0.25, -0.2) is 32.2 Å². The lowest BCUT2D eigenvalue weighted by Crippen LogP contribution is -2.38. The van der Waals surface area contributed by atoms with Gasteiger partial charge in [0.1, 0.15) is 34.4 Å². The molecule has 3 aliphatic rings. The van der Waals surface area contributed by atoms with Gasteiger partial charge in [0.05, 0.1) is 43.1 Å². The molecule has 3 aliphatic heterocycles. The maximum Gasteiger partial charge on any atom is 0.266 e. The number of halogens is 4. The quantitative estimate of drug-likeness (QED) is 0.0891. The second kappa shape index (κ2) is 19.3. The first-order valence-corrected chi connectivity index (χ1v) is 24.2. The Balaban J connectivity index is 0.000000190. The van der Waals surface area contributed by atoms with Gasteiger partial charge in [-0.05, 0) is 105 Å². The van der Waals surface area contributed by atoms with E-state index in [-0.39, 0.29) is 44.7 Å². The molecule has 0 amide bonds. The van der Waals surface area contributed by atoms with Crippen LogP contribution in [0.25, 0.3) is 22.2 Å². The van der Waals surface area contributed by atoms with Crippen molar-refractivity contribution in [1.29, 1.82) is 0 Å². The minimum Gasteiger partial charge on any atom is -0.491 e. The molecule has 0 saturated carbocycles. The van der Waals surface area contributed by atoms with Crippen LogP contribution in [0.3, 0.4) is 0 Å². The molecule has 2 fully saturated rings. The van der Waals surface area contributed by atoms with E-state index in [4.69, 9.17) is 14.6 Å². The molecule has 6 heterocycles. The highest BCUT2D eigenvalue weighted by atomic mass is 19.3. The molecule has 0 unspecified atom stereocenters. The van der Waals surface area contributed by atoms with Gasteiger partial charge in [-0.2, -0.15) is 5.10 Å². The molecular weight excluding hydrogens is 903 g/mol. The van der Waals surface area contributed by atoms with Crippen molar-refractivity contribution in [2.45, 2.75) is 76.7 Å². The van der Waals surface area contributed by atoms with E-state index in [1.807, 2.05) is 100 Å². The fourth-order valence-electron chi connectivity index (χ4n) is 9.91. The fourth-order valence-corrected chi connectivity index (χ4v) is 9.91. The molecular formula is C58H55F4N7O2. The standard InChI is InChI=1S/C38H34F2N4O.C20H21F2N3O/c1-27(2)45-32-18-19-34-33(25-32)36(28-20-22-41-35(24-28)43-23-21-37(39,40)26-43)42-44(34)38(29-12-6-3-7-13-29,30-14-8-4-9-15-30)31-16-10-5-11-17-31;1-13(2)26-16-4-3-15-11-24-19(17(15)10-16)14-5-7-23-18(9-14)25-8-6-20(21,22)12-25/h3-20,22,24-25,27H,21,23,26H2,1-2H3;3-5,7,9-10,13H,6,8,11-12H2,1-2H3. The van der Waals surface area contributed by atoms with Gasteiger partial charge in [-0.3, -0.25) is 4.99 Å². The third-order valence-electron chi connectivity index (χ3n) is 13.1. The van der Waals surface area contributed by atoms with E-state index in [0.29, 0.717) is 24.7 Å². The molecule has 9 nitrogen and oxygen atoms in total. The number of hydrogen-bond donors (Lipinski definition) is 0. The number of pyridine rings is 2.